The summed E-state index contributed by atoms with van der Waals surface area (Å²) < 4.78 is 21.7. The molecule has 0 aliphatic heterocycles. The standard InChI is InChI=1S/C42H36O8/c1-25(2)39(43)47-34-20-19-33(37(23-34)49-41(45)27(5)6)14-11-29-9-12-30(13-10-29)31-15-17-32(18-16-31)36-22-21-35(48-40(44)26(3)4)24-38(36)50-42(46)28(7)8/h9-24H,1,3,5,7H2,2,4,6,8H3. The molecule has 0 N–H and O–H groups in total. The second-order valence-electron chi connectivity index (χ2n) is 11.6. The van der Waals surface area contributed by atoms with E-state index in [9.17, 15) is 19.2 Å². The van der Waals surface area contributed by atoms with E-state index < -0.39 is 23.9 Å². The van der Waals surface area contributed by atoms with E-state index in [0.717, 1.165) is 22.3 Å². The molecule has 8 nitrogen and oxygen atoms in total. The van der Waals surface area contributed by atoms with Gasteiger partial charge in [-0.2, -0.15) is 0 Å². The van der Waals surface area contributed by atoms with Crippen molar-refractivity contribution in [1.29, 1.82) is 0 Å². The van der Waals surface area contributed by atoms with Gasteiger partial charge in [0, 0.05) is 45.6 Å². The number of hydrogen-bond donors (Lipinski definition) is 0. The summed E-state index contributed by atoms with van der Waals surface area (Å²) in [5, 5.41) is 0. The van der Waals surface area contributed by atoms with E-state index in [1.54, 1.807) is 51.1 Å². The number of benzene rings is 4. The van der Waals surface area contributed by atoms with Crippen molar-refractivity contribution in [3.63, 3.8) is 0 Å². The quantitative estimate of drug-likeness (QED) is 0.0637. The summed E-state index contributed by atoms with van der Waals surface area (Å²) in [4.78, 5) is 48.7. The highest BCUT2D eigenvalue weighted by atomic mass is 16.6. The maximum Gasteiger partial charge on any atom is 0.338 e. The van der Waals surface area contributed by atoms with Crippen LogP contribution in [-0.2, 0) is 19.2 Å². The lowest BCUT2D eigenvalue weighted by Crippen LogP contribution is -2.11. The molecule has 0 atom stereocenters. The van der Waals surface area contributed by atoms with E-state index in [1.807, 2.05) is 54.6 Å². The minimum absolute atomic E-state index is 0.207. The van der Waals surface area contributed by atoms with E-state index in [2.05, 4.69) is 26.3 Å². The molecule has 0 spiro atoms. The van der Waals surface area contributed by atoms with Gasteiger partial charge in [-0.3, -0.25) is 0 Å². The third-order valence-corrected chi connectivity index (χ3v) is 7.05. The first-order valence-corrected chi connectivity index (χ1v) is 15.4. The van der Waals surface area contributed by atoms with Crippen LogP contribution in [0.3, 0.4) is 0 Å². The summed E-state index contributed by atoms with van der Waals surface area (Å²) in [5.41, 5.74) is 5.70. The topological polar surface area (TPSA) is 105 Å². The minimum Gasteiger partial charge on any atom is -0.423 e. The lowest BCUT2D eigenvalue weighted by molar-refractivity contribution is -0.131. The predicted octanol–water partition coefficient (Wildman–Crippen LogP) is 9.12. The van der Waals surface area contributed by atoms with Crippen LogP contribution in [-0.4, -0.2) is 23.9 Å². The van der Waals surface area contributed by atoms with Crippen LogP contribution in [0, 0.1) is 0 Å². The Hall–Kier alpha value is -6.54. The molecule has 0 amide bonds. The Balaban J connectivity index is 1.55. The van der Waals surface area contributed by atoms with Gasteiger partial charge in [-0.1, -0.05) is 87.0 Å². The Morgan fingerprint density at radius 3 is 1.36 bits per heavy atom. The Labute approximate surface area is 291 Å². The molecule has 252 valence electrons. The largest absolute Gasteiger partial charge is 0.423 e. The SMILES string of the molecule is C=C(C)C(=O)Oc1ccc(C=Cc2ccc(-c3ccc(-c4ccc(OC(=O)C(=C)C)cc4OC(=O)C(=C)C)cc3)cc2)c(OC(=O)C(=C)C)c1. The summed E-state index contributed by atoms with van der Waals surface area (Å²) in [6.45, 7) is 20.6. The first-order chi connectivity index (χ1) is 23.7. The highest BCUT2D eigenvalue weighted by Crippen LogP contribution is 2.36. The Morgan fingerprint density at radius 2 is 0.860 bits per heavy atom. The number of esters is 4. The number of ether oxygens (including phenoxy) is 4. The highest BCUT2D eigenvalue weighted by molar-refractivity contribution is 5.92. The first kappa shape index (κ1) is 36.3. The molecule has 0 bridgehead atoms. The van der Waals surface area contributed by atoms with E-state index in [4.69, 9.17) is 18.9 Å². The number of hydrogen-bond acceptors (Lipinski definition) is 8. The lowest BCUT2D eigenvalue weighted by atomic mass is 9.99. The molecule has 4 aromatic carbocycles. The maximum atomic E-state index is 12.4. The van der Waals surface area contributed by atoms with Gasteiger partial charge >= 0.3 is 23.9 Å². The van der Waals surface area contributed by atoms with Crippen molar-refractivity contribution in [2.45, 2.75) is 27.7 Å². The van der Waals surface area contributed by atoms with E-state index in [1.165, 1.54) is 19.1 Å². The van der Waals surface area contributed by atoms with Crippen molar-refractivity contribution in [3.05, 3.63) is 145 Å². The second-order valence-corrected chi connectivity index (χ2v) is 11.6. The molecule has 0 aromatic heterocycles. The molecular formula is C42H36O8. The molecule has 0 fully saturated rings. The van der Waals surface area contributed by atoms with Crippen LogP contribution in [0.4, 0.5) is 0 Å². The molecule has 0 aliphatic carbocycles. The first-order valence-electron chi connectivity index (χ1n) is 15.4. The molecule has 0 unspecified atom stereocenters. The van der Waals surface area contributed by atoms with Crippen molar-refractivity contribution in [3.8, 4) is 45.3 Å². The predicted molar refractivity (Wildman–Crippen MR) is 194 cm³/mol. The van der Waals surface area contributed by atoms with Gasteiger partial charge in [0.1, 0.15) is 23.0 Å². The van der Waals surface area contributed by atoms with Gasteiger partial charge in [-0.25, -0.2) is 19.2 Å². The molecule has 0 aliphatic rings. The van der Waals surface area contributed by atoms with Crippen molar-refractivity contribution < 1.29 is 38.1 Å². The van der Waals surface area contributed by atoms with E-state index >= 15 is 0 Å². The summed E-state index contributed by atoms with van der Waals surface area (Å²) in [6.07, 6.45) is 3.66. The fraction of sp³-hybridized carbons (Fsp3) is 0.0952. The van der Waals surface area contributed by atoms with Gasteiger partial charge < -0.3 is 18.9 Å². The normalized spacial score (nSPS) is 10.6. The summed E-state index contributed by atoms with van der Waals surface area (Å²) in [6, 6.07) is 25.1. The monoisotopic (exact) mass is 668 g/mol. The zero-order valence-electron chi connectivity index (χ0n) is 28.3. The van der Waals surface area contributed by atoms with Gasteiger partial charge in [0.2, 0.25) is 0 Å². The fourth-order valence-electron chi connectivity index (χ4n) is 4.27. The number of carbonyl (C=O) groups is 4. The Bertz CT molecular complexity index is 2060. The average molecular weight is 669 g/mol. The van der Waals surface area contributed by atoms with Crippen LogP contribution in [0.15, 0.2) is 134 Å². The van der Waals surface area contributed by atoms with Crippen molar-refractivity contribution in [2.75, 3.05) is 0 Å². The molecule has 0 saturated carbocycles. The smallest absolute Gasteiger partial charge is 0.338 e. The van der Waals surface area contributed by atoms with Crippen LogP contribution in [0.1, 0.15) is 38.8 Å². The average Bonchev–Trinajstić information content (AvgIpc) is 3.08. The van der Waals surface area contributed by atoms with E-state index in [-0.39, 0.29) is 45.3 Å². The molecule has 4 aromatic rings. The maximum absolute atomic E-state index is 12.4. The molecule has 4 rings (SSSR count). The third kappa shape index (κ3) is 9.51. The van der Waals surface area contributed by atoms with Crippen LogP contribution >= 0.6 is 0 Å². The molecule has 50 heavy (non-hydrogen) atoms. The molecule has 0 radical (unpaired) electrons. The van der Waals surface area contributed by atoms with Gasteiger partial charge in [0.25, 0.3) is 0 Å². The highest BCUT2D eigenvalue weighted by Gasteiger charge is 2.16. The molecule has 0 heterocycles. The van der Waals surface area contributed by atoms with Gasteiger partial charge in [0.15, 0.2) is 0 Å². The molecular weight excluding hydrogens is 632 g/mol. The van der Waals surface area contributed by atoms with Crippen LogP contribution < -0.4 is 18.9 Å². The van der Waals surface area contributed by atoms with Gasteiger partial charge in [-0.15, -0.1) is 0 Å². The lowest BCUT2D eigenvalue weighted by Gasteiger charge is -2.13. The third-order valence-electron chi connectivity index (χ3n) is 7.05. The number of carbonyl (C=O) groups excluding carboxylic acids is 4. The zero-order valence-corrected chi connectivity index (χ0v) is 28.3. The summed E-state index contributed by atoms with van der Waals surface area (Å²) >= 11 is 0. The Morgan fingerprint density at radius 1 is 0.460 bits per heavy atom. The van der Waals surface area contributed by atoms with Crippen LogP contribution in [0.5, 0.6) is 23.0 Å². The van der Waals surface area contributed by atoms with Gasteiger partial charge in [-0.05, 0) is 74.2 Å². The fourth-order valence-corrected chi connectivity index (χ4v) is 4.27. The Kier molecular flexibility index (Phi) is 11.6. The number of rotatable bonds is 12. The minimum atomic E-state index is -0.608. The summed E-state index contributed by atoms with van der Waals surface area (Å²) in [5.74, 6) is -1.55. The molecule has 8 heteroatoms. The zero-order chi connectivity index (χ0) is 36.5. The van der Waals surface area contributed by atoms with Crippen LogP contribution in [0.2, 0.25) is 0 Å². The van der Waals surface area contributed by atoms with E-state index in [0.29, 0.717) is 11.1 Å². The van der Waals surface area contributed by atoms with Crippen LogP contribution in [0.25, 0.3) is 34.4 Å². The van der Waals surface area contributed by atoms with Crippen molar-refractivity contribution in [2.24, 2.45) is 0 Å². The molecule has 0 saturated heterocycles. The van der Waals surface area contributed by atoms with Gasteiger partial charge in [0.05, 0.1) is 0 Å². The summed E-state index contributed by atoms with van der Waals surface area (Å²) in [7, 11) is 0. The second kappa shape index (κ2) is 16.0. The van der Waals surface area contributed by atoms with Crippen molar-refractivity contribution in [1.82, 2.24) is 0 Å². The van der Waals surface area contributed by atoms with Crippen molar-refractivity contribution >= 4 is 36.0 Å².